The average Bonchev–Trinajstić information content (AvgIpc) is 2.31. The fourth-order valence-corrected chi connectivity index (χ4v) is 2.45. The molecule has 0 radical (unpaired) electrons. The van der Waals surface area contributed by atoms with Crippen molar-refractivity contribution >= 4 is 15.9 Å². The first-order valence-electron chi connectivity index (χ1n) is 5.80. The maximum atomic E-state index is 13.5. The van der Waals surface area contributed by atoms with Gasteiger partial charge in [-0.1, -0.05) is 6.07 Å². The van der Waals surface area contributed by atoms with Crippen LogP contribution in [0.1, 0.15) is 28.4 Å². The minimum atomic E-state index is -0.969. The molecule has 1 nitrogen and oxygen atoms in total. The first kappa shape index (κ1) is 14.2. The van der Waals surface area contributed by atoms with Gasteiger partial charge in [-0.15, -0.1) is 0 Å². The molecule has 0 saturated carbocycles. The minimum Gasteiger partial charge on any atom is -0.384 e. The maximum absolute atomic E-state index is 13.5. The summed E-state index contributed by atoms with van der Waals surface area (Å²) >= 11 is 3.07. The molecule has 1 atom stereocenters. The molecule has 0 aliphatic rings. The molecule has 2 rings (SSSR count). The van der Waals surface area contributed by atoms with Gasteiger partial charge in [0.1, 0.15) is 17.7 Å². The van der Waals surface area contributed by atoms with E-state index in [1.54, 1.807) is 26.0 Å². The summed E-state index contributed by atoms with van der Waals surface area (Å²) in [7, 11) is 0. The standard InChI is InChI=1S/C15H13BrF2O/c1-8-5-11(17)6-9(2)14(8)15(19)10-3-4-12(16)13(18)7-10/h3-7,15,19H,1-2H3. The molecule has 19 heavy (non-hydrogen) atoms. The quantitative estimate of drug-likeness (QED) is 0.865. The van der Waals surface area contributed by atoms with E-state index in [-0.39, 0.29) is 5.82 Å². The van der Waals surface area contributed by atoms with Crippen molar-refractivity contribution in [1.82, 2.24) is 0 Å². The van der Waals surface area contributed by atoms with Gasteiger partial charge in [-0.05, 0) is 76.3 Å². The summed E-state index contributed by atoms with van der Waals surface area (Å²) in [5.74, 6) is -0.776. The number of hydrogen-bond donors (Lipinski definition) is 1. The molecule has 2 aromatic rings. The van der Waals surface area contributed by atoms with Crippen LogP contribution in [0.2, 0.25) is 0 Å². The first-order chi connectivity index (χ1) is 8.90. The maximum Gasteiger partial charge on any atom is 0.137 e. The topological polar surface area (TPSA) is 20.2 Å². The third-order valence-electron chi connectivity index (χ3n) is 3.09. The van der Waals surface area contributed by atoms with Crippen molar-refractivity contribution in [1.29, 1.82) is 0 Å². The molecule has 0 aliphatic carbocycles. The predicted octanol–water partition coefficient (Wildman–Crippen LogP) is 4.43. The highest BCUT2D eigenvalue weighted by Gasteiger charge is 2.17. The monoisotopic (exact) mass is 326 g/mol. The first-order valence-corrected chi connectivity index (χ1v) is 6.59. The van der Waals surface area contributed by atoms with Crippen LogP contribution in [0.15, 0.2) is 34.8 Å². The molecule has 100 valence electrons. The molecule has 0 heterocycles. The number of aliphatic hydroxyl groups is 1. The van der Waals surface area contributed by atoms with Crippen molar-refractivity contribution in [3.63, 3.8) is 0 Å². The van der Waals surface area contributed by atoms with E-state index in [4.69, 9.17) is 0 Å². The van der Waals surface area contributed by atoms with Gasteiger partial charge in [-0.25, -0.2) is 8.78 Å². The highest BCUT2D eigenvalue weighted by Crippen LogP contribution is 2.30. The van der Waals surface area contributed by atoms with Crippen LogP contribution in [0.25, 0.3) is 0 Å². The normalized spacial score (nSPS) is 12.5. The van der Waals surface area contributed by atoms with Crippen LogP contribution in [-0.2, 0) is 0 Å². The molecule has 2 aromatic carbocycles. The largest absolute Gasteiger partial charge is 0.384 e. The number of hydrogen-bond acceptors (Lipinski definition) is 1. The van der Waals surface area contributed by atoms with Gasteiger partial charge in [-0.3, -0.25) is 0 Å². The molecule has 0 aliphatic heterocycles. The summed E-state index contributed by atoms with van der Waals surface area (Å²) in [6, 6.07) is 7.18. The zero-order valence-electron chi connectivity index (χ0n) is 10.5. The highest BCUT2D eigenvalue weighted by atomic mass is 79.9. The SMILES string of the molecule is Cc1cc(F)cc(C)c1C(O)c1ccc(Br)c(F)c1. The lowest BCUT2D eigenvalue weighted by atomic mass is 9.93. The molecular weight excluding hydrogens is 314 g/mol. The van der Waals surface area contributed by atoms with Gasteiger partial charge in [0.15, 0.2) is 0 Å². The van der Waals surface area contributed by atoms with Crippen molar-refractivity contribution in [3.8, 4) is 0 Å². The predicted molar refractivity (Wildman–Crippen MR) is 74.0 cm³/mol. The van der Waals surface area contributed by atoms with E-state index in [0.29, 0.717) is 26.7 Å². The highest BCUT2D eigenvalue weighted by molar-refractivity contribution is 9.10. The van der Waals surface area contributed by atoms with Gasteiger partial charge in [-0.2, -0.15) is 0 Å². The molecule has 0 fully saturated rings. The fraction of sp³-hybridized carbons (Fsp3) is 0.200. The molecule has 1 unspecified atom stereocenters. The van der Waals surface area contributed by atoms with E-state index >= 15 is 0 Å². The second-order valence-electron chi connectivity index (χ2n) is 4.53. The molecule has 0 amide bonds. The lowest BCUT2D eigenvalue weighted by molar-refractivity contribution is 0.218. The van der Waals surface area contributed by atoms with Crippen molar-refractivity contribution in [2.75, 3.05) is 0 Å². The van der Waals surface area contributed by atoms with Crippen LogP contribution < -0.4 is 0 Å². The fourth-order valence-electron chi connectivity index (χ4n) is 2.20. The Hall–Kier alpha value is -1.26. The summed E-state index contributed by atoms with van der Waals surface area (Å²) in [5.41, 5.74) is 2.35. The average molecular weight is 327 g/mol. The Labute approximate surface area is 119 Å². The molecule has 0 bridgehead atoms. The third-order valence-corrected chi connectivity index (χ3v) is 3.73. The van der Waals surface area contributed by atoms with Crippen LogP contribution in [0.3, 0.4) is 0 Å². The van der Waals surface area contributed by atoms with Crippen molar-refractivity contribution < 1.29 is 13.9 Å². The second kappa shape index (κ2) is 5.39. The van der Waals surface area contributed by atoms with E-state index < -0.39 is 11.9 Å². The Bertz CT molecular complexity index is 603. The van der Waals surface area contributed by atoms with Crippen molar-refractivity contribution in [2.24, 2.45) is 0 Å². The van der Waals surface area contributed by atoms with Gasteiger partial charge >= 0.3 is 0 Å². The van der Waals surface area contributed by atoms with Crippen molar-refractivity contribution in [3.05, 3.63) is 68.7 Å². The number of rotatable bonds is 2. The van der Waals surface area contributed by atoms with Gasteiger partial charge in [0.05, 0.1) is 4.47 Å². The molecule has 0 spiro atoms. The third kappa shape index (κ3) is 2.85. The summed E-state index contributed by atoms with van der Waals surface area (Å²) in [6.07, 6.45) is -0.969. The van der Waals surface area contributed by atoms with Crippen LogP contribution in [0.4, 0.5) is 8.78 Å². The molecule has 0 saturated heterocycles. The Balaban J connectivity index is 2.49. The van der Waals surface area contributed by atoms with Crippen LogP contribution in [0, 0.1) is 25.5 Å². The Morgan fingerprint density at radius 1 is 1.05 bits per heavy atom. The van der Waals surface area contributed by atoms with E-state index in [1.165, 1.54) is 18.2 Å². The zero-order valence-corrected chi connectivity index (χ0v) is 12.1. The van der Waals surface area contributed by atoms with E-state index in [2.05, 4.69) is 15.9 Å². The lowest BCUT2D eigenvalue weighted by Crippen LogP contribution is -2.05. The van der Waals surface area contributed by atoms with Gasteiger partial charge in [0, 0.05) is 0 Å². The van der Waals surface area contributed by atoms with E-state index in [9.17, 15) is 13.9 Å². The number of benzene rings is 2. The van der Waals surface area contributed by atoms with Crippen molar-refractivity contribution in [2.45, 2.75) is 20.0 Å². The van der Waals surface area contributed by atoms with Gasteiger partial charge < -0.3 is 5.11 Å². The van der Waals surface area contributed by atoms with E-state index in [1.807, 2.05) is 0 Å². The summed E-state index contributed by atoms with van der Waals surface area (Å²) in [5, 5.41) is 10.4. The molecule has 0 aromatic heterocycles. The van der Waals surface area contributed by atoms with Crippen LogP contribution in [0.5, 0.6) is 0 Å². The lowest BCUT2D eigenvalue weighted by Gasteiger charge is -2.17. The zero-order chi connectivity index (χ0) is 14.2. The number of aryl methyl sites for hydroxylation is 2. The van der Waals surface area contributed by atoms with E-state index in [0.717, 1.165) is 0 Å². The number of aliphatic hydroxyl groups excluding tert-OH is 1. The Morgan fingerprint density at radius 3 is 2.16 bits per heavy atom. The second-order valence-corrected chi connectivity index (χ2v) is 5.38. The smallest absolute Gasteiger partial charge is 0.137 e. The van der Waals surface area contributed by atoms with Gasteiger partial charge in [0.25, 0.3) is 0 Å². The number of halogens is 3. The summed E-state index contributed by atoms with van der Waals surface area (Å²) < 4.78 is 27.1. The summed E-state index contributed by atoms with van der Waals surface area (Å²) in [6.45, 7) is 3.45. The minimum absolute atomic E-state index is 0.340. The molecule has 1 N–H and O–H groups in total. The molecule has 4 heteroatoms. The van der Waals surface area contributed by atoms with Gasteiger partial charge in [0.2, 0.25) is 0 Å². The Kier molecular flexibility index (Phi) is 4.02. The Morgan fingerprint density at radius 2 is 1.63 bits per heavy atom. The van der Waals surface area contributed by atoms with Crippen LogP contribution in [-0.4, -0.2) is 5.11 Å². The molecular formula is C15H13BrF2O. The summed E-state index contributed by atoms with van der Waals surface area (Å²) in [4.78, 5) is 0. The van der Waals surface area contributed by atoms with Crippen LogP contribution >= 0.6 is 15.9 Å².